The molecule has 0 rings (SSSR count). The van der Waals surface area contributed by atoms with E-state index in [1.54, 1.807) is 18.9 Å². The van der Waals surface area contributed by atoms with Gasteiger partial charge in [-0.05, 0) is 6.54 Å². The van der Waals surface area contributed by atoms with E-state index < -0.39 is 11.9 Å². The molecule has 1 unspecified atom stereocenters. The van der Waals surface area contributed by atoms with Gasteiger partial charge in [0.1, 0.15) is 0 Å². The van der Waals surface area contributed by atoms with Gasteiger partial charge in [-0.3, -0.25) is 14.5 Å². The number of aliphatic carboxylic acids is 1. The Hall–Kier alpha value is -1.10. The minimum Gasteiger partial charge on any atom is -0.481 e. The average Bonchev–Trinajstić information content (AvgIpc) is 2.16. The number of hydrogen-bond donors (Lipinski definition) is 2. The quantitative estimate of drug-likeness (QED) is 0.624. The second kappa shape index (κ2) is 6.37. The number of nitrogens with one attached hydrogen (secondary N) is 1. The number of amides is 1. The summed E-state index contributed by atoms with van der Waals surface area (Å²) in [5.41, 5.74) is 0. The van der Waals surface area contributed by atoms with E-state index in [9.17, 15) is 9.59 Å². The molecule has 0 radical (unpaired) electrons. The zero-order valence-electron chi connectivity index (χ0n) is 8.91. The van der Waals surface area contributed by atoms with E-state index >= 15 is 0 Å². The Morgan fingerprint density at radius 2 is 2.07 bits per heavy atom. The average molecular weight is 202 g/mol. The van der Waals surface area contributed by atoms with Gasteiger partial charge in [0.15, 0.2) is 0 Å². The Kier molecular flexibility index (Phi) is 5.87. The SMILES string of the molecule is CCN(CC(=O)NC)CC(C)C(=O)O. The number of rotatable bonds is 6. The Bertz CT molecular complexity index is 206. The normalized spacial score (nSPS) is 12.6. The lowest BCUT2D eigenvalue weighted by molar-refractivity contribution is -0.142. The summed E-state index contributed by atoms with van der Waals surface area (Å²) in [7, 11) is 1.57. The predicted molar refractivity (Wildman–Crippen MR) is 53.0 cm³/mol. The van der Waals surface area contributed by atoms with E-state index in [-0.39, 0.29) is 12.5 Å². The molecule has 2 N–H and O–H groups in total. The fourth-order valence-corrected chi connectivity index (χ4v) is 1.05. The first-order chi connectivity index (χ1) is 6.51. The van der Waals surface area contributed by atoms with Crippen LogP contribution in [0.2, 0.25) is 0 Å². The van der Waals surface area contributed by atoms with Crippen molar-refractivity contribution in [3.05, 3.63) is 0 Å². The molecule has 0 aliphatic heterocycles. The number of carbonyl (C=O) groups excluding carboxylic acids is 1. The largest absolute Gasteiger partial charge is 0.481 e. The first kappa shape index (κ1) is 12.9. The molecule has 0 fully saturated rings. The van der Waals surface area contributed by atoms with Crippen LogP contribution in [0.4, 0.5) is 0 Å². The Morgan fingerprint density at radius 1 is 1.50 bits per heavy atom. The Morgan fingerprint density at radius 3 is 2.43 bits per heavy atom. The molecule has 0 aromatic rings. The zero-order chi connectivity index (χ0) is 11.1. The van der Waals surface area contributed by atoms with E-state index in [0.29, 0.717) is 13.1 Å². The number of carboxylic acid groups (broad SMARTS) is 1. The number of carbonyl (C=O) groups is 2. The Labute approximate surface area is 84.1 Å². The van der Waals surface area contributed by atoms with Crippen LogP contribution >= 0.6 is 0 Å². The van der Waals surface area contributed by atoms with Crippen molar-refractivity contribution in [1.29, 1.82) is 0 Å². The summed E-state index contributed by atoms with van der Waals surface area (Å²) in [6.45, 7) is 4.86. The molecule has 5 nitrogen and oxygen atoms in total. The van der Waals surface area contributed by atoms with Crippen LogP contribution in [0.5, 0.6) is 0 Å². The van der Waals surface area contributed by atoms with Crippen LogP contribution in [0.1, 0.15) is 13.8 Å². The molecule has 0 saturated heterocycles. The second-order valence-corrected chi connectivity index (χ2v) is 3.24. The summed E-state index contributed by atoms with van der Waals surface area (Å²) in [4.78, 5) is 23.4. The molecular formula is C9H18N2O3. The van der Waals surface area contributed by atoms with Crippen molar-refractivity contribution in [1.82, 2.24) is 10.2 Å². The molecule has 1 amide bonds. The summed E-state index contributed by atoms with van der Waals surface area (Å²) < 4.78 is 0. The molecule has 0 saturated carbocycles. The van der Waals surface area contributed by atoms with E-state index in [1.807, 2.05) is 6.92 Å². The van der Waals surface area contributed by atoms with Crippen molar-refractivity contribution in [2.24, 2.45) is 5.92 Å². The lowest BCUT2D eigenvalue weighted by Crippen LogP contribution is -2.39. The number of carboxylic acids is 1. The third kappa shape index (κ3) is 4.81. The summed E-state index contributed by atoms with van der Waals surface area (Å²) in [5, 5.41) is 11.2. The minimum atomic E-state index is -0.833. The lowest BCUT2D eigenvalue weighted by atomic mass is 10.1. The molecule has 0 aromatic carbocycles. The number of likely N-dealkylation sites (N-methyl/N-ethyl adjacent to an activating group) is 2. The van der Waals surface area contributed by atoms with Crippen LogP contribution in [-0.2, 0) is 9.59 Å². The predicted octanol–water partition coefficient (Wildman–Crippen LogP) is -0.225. The maximum absolute atomic E-state index is 11.0. The number of hydrogen-bond acceptors (Lipinski definition) is 3. The number of nitrogens with zero attached hydrogens (tertiary/aromatic N) is 1. The van der Waals surface area contributed by atoms with E-state index in [2.05, 4.69) is 5.32 Å². The third-order valence-electron chi connectivity index (χ3n) is 2.05. The van der Waals surface area contributed by atoms with Gasteiger partial charge in [-0.25, -0.2) is 0 Å². The second-order valence-electron chi connectivity index (χ2n) is 3.24. The molecule has 0 aliphatic carbocycles. The monoisotopic (exact) mass is 202 g/mol. The summed E-state index contributed by atoms with van der Waals surface area (Å²) >= 11 is 0. The highest BCUT2D eigenvalue weighted by Gasteiger charge is 2.16. The van der Waals surface area contributed by atoms with Crippen molar-refractivity contribution >= 4 is 11.9 Å². The maximum atomic E-state index is 11.0. The maximum Gasteiger partial charge on any atom is 0.307 e. The Balaban J connectivity index is 4.02. The molecular weight excluding hydrogens is 184 g/mol. The molecule has 0 aliphatic rings. The molecule has 0 aromatic heterocycles. The highest BCUT2D eigenvalue weighted by atomic mass is 16.4. The fraction of sp³-hybridized carbons (Fsp3) is 0.778. The van der Waals surface area contributed by atoms with Crippen molar-refractivity contribution in [2.45, 2.75) is 13.8 Å². The highest BCUT2D eigenvalue weighted by molar-refractivity contribution is 5.77. The molecule has 5 heteroatoms. The van der Waals surface area contributed by atoms with Gasteiger partial charge in [0.25, 0.3) is 0 Å². The van der Waals surface area contributed by atoms with Crippen LogP contribution in [0.3, 0.4) is 0 Å². The van der Waals surface area contributed by atoms with Gasteiger partial charge in [-0.1, -0.05) is 13.8 Å². The van der Waals surface area contributed by atoms with Gasteiger partial charge in [0.2, 0.25) is 5.91 Å². The van der Waals surface area contributed by atoms with Crippen molar-refractivity contribution < 1.29 is 14.7 Å². The van der Waals surface area contributed by atoms with Crippen LogP contribution in [0, 0.1) is 5.92 Å². The van der Waals surface area contributed by atoms with Crippen LogP contribution < -0.4 is 5.32 Å². The fourth-order valence-electron chi connectivity index (χ4n) is 1.05. The van der Waals surface area contributed by atoms with Crippen LogP contribution in [0.15, 0.2) is 0 Å². The highest BCUT2D eigenvalue weighted by Crippen LogP contribution is 1.99. The minimum absolute atomic E-state index is 0.0931. The molecule has 0 bridgehead atoms. The summed E-state index contributed by atoms with van der Waals surface area (Å²) in [5.74, 6) is -1.37. The van der Waals surface area contributed by atoms with E-state index in [0.717, 1.165) is 0 Å². The van der Waals surface area contributed by atoms with Crippen LogP contribution in [0.25, 0.3) is 0 Å². The van der Waals surface area contributed by atoms with Gasteiger partial charge in [0, 0.05) is 13.6 Å². The van der Waals surface area contributed by atoms with Gasteiger partial charge >= 0.3 is 5.97 Å². The third-order valence-corrected chi connectivity index (χ3v) is 2.05. The zero-order valence-corrected chi connectivity index (χ0v) is 8.91. The molecule has 0 spiro atoms. The standard InChI is InChI=1S/C9H18N2O3/c1-4-11(6-8(12)10-3)5-7(2)9(13)14/h7H,4-6H2,1-3H3,(H,10,12)(H,13,14). The van der Waals surface area contributed by atoms with Gasteiger partial charge in [-0.2, -0.15) is 0 Å². The molecule has 82 valence electrons. The summed E-state index contributed by atoms with van der Waals surface area (Å²) in [6.07, 6.45) is 0. The van der Waals surface area contributed by atoms with Crippen LogP contribution in [-0.4, -0.2) is 48.6 Å². The van der Waals surface area contributed by atoms with Gasteiger partial charge < -0.3 is 10.4 Å². The van der Waals surface area contributed by atoms with Crippen molar-refractivity contribution in [3.8, 4) is 0 Å². The summed E-state index contributed by atoms with van der Waals surface area (Å²) in [6, 6.07) is 0. The van der Waals surface area contributed by atoms with Gasteiger partial charge in [0.05, 0.1) is 12.5 Å². The first-order valence-corrected chi connectivity index (χ1v) is 4.67. The van der Waals surface area contributed by atoms with E-state index in [4.69, 9.17) is 5.11 Å². The molecule has 14 heavy (non-hydrogen) atoms. The first-order valence-electron chi connectivity index (χ1n) is 4.67. The topological polar surface area (TPSA) is 69.6 Å². The molecule has 0 heterocycles. The molecule has 1 atom stereocenters. The van der Waals surface area contributed by atoms with Crippen molar-refractivity contribution in [3.63, 3.8) is 0 Å². The van der Waals surface area contributed by atoms with E-state index in [1.165, 1.54) is 0 Å². The van der Waals surface area contributed by atoms with Gasteiger partial charge in [-0.15, -0.1) is 0 Å². The lowest BCUT2D eigenvalue weighted by Gasteiger charge is -2.21. The smallest absolute Gasteiger partial charge is 0.307 e. The van der Waals surface area contributed by atoms with Crippen molar-refractivity contribution in [2.75, 3.05) is 26.7 Å².